The van der Waals surface area contributed by atoms with Crippen molar-refractivity contribution in [1.82, 2.24) is 4.98 Å². The van der Waals surface area contributed by atoms with Gasteiger partial charge in [-0.25, -0.2) is 23.1 Å². The summed E-state index contributed by atoms with van der Waals surface area (Å²) in [4.78, 5) is 9.07. The van der Waals surface area contributed by atoms with E-state index >= 15 is 0 Å². The van der Waals surface area contributed by atoms with Crippen molar-refractivity contribution in [3.05, 3.63) is 83.3 Å². The van der Waals surface area contributed by atoms with Crippen molar-refractivity contribution in [2.24, 2.45) is 4.99 Å². The Balaban J connectivity index is 1.67. The van der Waals surface area contributed by atoms with Crippen LogP contribution in [0.5, 0.6) is 11.6 Å². The summed E-state index contributed by atoms with van der Waals surface area (Å²) in [5.74, 6) is -3.89. The van der Waals surface area contributed by atoms with Gasteiger partial charge in [0.25, 0.3) is 0 Å². The molecule has 0 saturated carbocycles. The monoisotopic (exact) mass is 464 g/mol. The number of nitrogens with zero attached hydrogens (tertiary/aromatic N) is 3. The fourth-order valence-electron chi connectivity index (χ4n) is 3.22. The van der Waals surface area contributed by atoms with Crippen LogP contribution in [0.3, 0.4) is 0 Å². The highest BCUT2D eigenvalue weighted by Crippen LogP contribution is 2.40. The molecule has 0 fully saturated rings. The van der Waals surface area contributed by atoms with Crippen LogP contribution < -0.4 is 15.4 Å². The first-order chi connectivity index (χ1) is 15.5. The maximum Gasteiger partial charge on any atom is 0.421 e. The molecule has 5 nitrogen and oxygen atoms in total. The molecule has 33 heavy (non-hydrogen) atoms. The molecule has 3 aromatic rings. The third-order valence-corrected chi connectivity index (χ3v) is 4.77. The smallest absolute Gasteiger partial charge is 0.421 e. The van der Waals surface area contributed by atoms with Gasteiger partial charge < -0.3 is 15.4 Å². The molecule has 1 aliphatic heterocycles. The van der Waals surface area contributed by atoms with Gasteiger partial charge in [-0.15, -0.1) is 0 Å². The van der Waals surface area contributed by atoms with Gasteiger partial charge in [-0.3, -0.25) is 0 Å². The number of hydrogen-bond donors (Lipinski definition) is 1. The lowest BCUT2D eigenvalue weighted by Gasteiger charge is -2.27. The molecule has 0 radical (unpaired) electrons. The summed E-state index contributed by atoms with van der Waals surface area (Å²) in [6.45, 7) is 3.45. The lowest BCUT2D eigenvalue weighted by Crippen LogP contribution is -2.25. The number of aliphatic imine (C=N–C) groups is 1. The number of anilines is 2. The second-order valence-electron chi connectivity index (χ2n) is 7.07. The Labute approximate surface area is 183 Å². The summed E-state index contributed by atoms with van der Waals surface area (Å²) in [6.07, 6.45) is -2.43. The summed E-state index contributed by atoms with van der Waals surface area (Å²) < 4.78 is 86.7. The first-order valence-corrected chi connectivity index (χ1v) is 9.31. The summed E-state index contributed by atoms with van der Waals surface area (Å²) in [6, 6.07) is 6.02. The normalized spacial score (nSPS) is 13.3. The number of hydrogen-bond acceptors (Lipinski definition) is 5. The van der Waals surface area contributed by atoms with Crippen LogP contribution in [0.15, 0.2) is 54.2 Å². The van der Waals surface area contributed by atoms with E-state index in [1.165, 1.54) is 29.4 Å². The van der Waals surface area contributed by atoms with Gasteiger partial charge in [0.1, 0.15) is 28.8 Å². The van der Waals surface area contributed by atoms with Gasteiger partial charge >= 0.3 is 6.18 Å². The molecule has 0 unspecified atom stereocenters. The number of rotatable bonds is 4. The number of halogens is 6. The van der Waals surface area contributed by atoms with Crippen molar-refractivity contribution in [1.29, 1.82) is 0 Å². The number of benzene rings is 2. The van der Waals surface area contributed by atoms with Crippen LogP contribution in [-0.2, 0) is 12.7 Å². The number of aromatic nitrogens is 1. The Morgan fingerprint density at radius 2 is 1.73 bits per heavy atom. The molecule has 170 valence electrons. The number of ether oxygens (including phenoxy) is 1. The molecule has 2 heterocycles. The van der Waals surface area contributed by atoms with Gasteiger partial charge in [0.15, 0.2) is 0 Å². The van der Waals surface area contributed by atoms with E-state index in [1.807, 2.05) is 0 Å². The zero-order valence-electron chi connectivity index (χ0n) is 16.6. The Morgan fingerprint density at radius 1 is 1.03 bits per heavy atom. The maximum atomic E-state index is 14.1. The Kier molecular flexibility index (Phi) is 5.48. The van der Waals surface area contributed by atoms with E-state index in [9.17, 15) is 26.3 Å². The third kappa shape index (κ3) is 4.47. The maximum absolute atomic E-state index is 14.1. The predicted octanol–water partition coefficient (Wildman–Crippen LogP) is 5.91. The van der Waals surface area contributed by atoms with Crippen LogP contribution in [-0.4, -0.2) is 11.3 Å². The highest BCUT2D eigenvalue weighted by atomic mass is 19.4. The summed E-state index contributed by atoms with van der Waals surface area (Å²) in [5, 5.41) is 0. The molecule has 2 aromatic carbocycles. The molecule has 1 aliphatic rings. The Bertz CT molecular complexity index is 1270. The molecule has 2 N–H and O–H groups in total. The van der Waals surface area contributed by atoms with Crippen molar-refractivity contribution in [3.63, 3.8) is 0 Å². The molecule has 11 heteroatoms. The predicted molar refractivity (Wildman–Crippen MR) is 110 cm³/mol. The van der Waals surface area contributed by atoms with Gasteiger partial charge in [-0.2, -0.15) is 13.2 Å². The van der Waals surface area contributed by atoms with Crippen LogP contribution in [0.2, 0.25) is 0 Å². The van der Waals surface area contributed by atoms with Crippen molar-refractivity contribution < 1.29 is 31.1 Å². The van der Waals surface area contributed by atoms with E-state index in [0.29, 0.717) is 29.4 Å². The quantitative estimate of drug-likeness (QED) is 0.488. The molecule has 0 spiro atoms. The SMILES string of the molecule is C=C1N=CN(Cc2c(F)cc(F)cc2F)c2ccc(Oc3ncc(N)cc3C(F)(F)F)cc21. The summed E-state index contributed by atoms with van der Waals surface area (Å²) >= 11 is 0. The highest BCUT2D eigenvalue weighted by molar-refractivity contribution is 5.94. The van der Waals surface area contributed by atoms with Gasteiger partial charge in [-0.05, 0) is 24.3 Å². The molecular formula is C22H14F6N4O. The van der Waals surface area contributed by atoms with E-state index in [4.69, 9.17) is 10.5 Å². The second-order valence-corrected chi connectivity index (χ2v) is 7.07. The molecule has 0 amide bonds. The minimum Gasteiger partial charge on any atom is -0.438 e. The second kappa shape index (κ2) is 8.15. The number of alkyl halides is 3. The number of pyridine rings is 1. The molecule has 1 aromatic heterocycles. The van der Waals surface area contributed by atoms with Gasteiger partial charge in [0.2, 0.25) is 5.88 Å². The average molecular weight is 464 g/mol. The first kappa shape index (κ1) is 22.2. The van der Waals surface area contributed by atoms with Gasteiger partial charge in [0, 0.05) is 23.3 Å². The van der Waals surface area contributed by atoms with Crippen LogP contribution in [0.1, 0.15) is 16.7 Å². The number of nitrogen functional groups attached to an aromatic ring is 1. The van der Waals surface area contributed by atoms with Crippen molar-refractivity contribution in [2.45, 2.75) is 12.7 Å². The van der Waals surface area contributed by atoms with E-state index < -0.39 is 35.1 Å². The van der Waals surface area contributed by atoms with E-state index in [2.05, 4.69) is 16.6 Å². The van der Waals surface area contributed by atoms with E-state index in [0.717, 1.165) is 6.20 Å². The summed E-state index contributed by atoms with van der Waals surface area (Å²) in [5.41, 5.74) is 4.69. The van der Waals surface area contributed by atoms with Crippen LogP contribution in [0.25, 0.3) is 5.70 Å². The summed E-state index contributed by atoms with van der Waals surface area (Å²) in [7, 11) is 0. The largest absolute Gasteiger partial charge is 0.438 e. The fourth-order valence-corrected chi connectivity index (χ4v) is 3.22. The molecule has 0 aliphatic carbocycles. The fraction of sp³-hybridized carbons (Fsp3) is 0.0909. The van der Waals surface area contributed by atoms with Crippen molar-refractivity contribution >= 4 is 23.4 Å². The number of nitrogens with two attached hydrogens (primary N) is 1. The standard InChI is InChI=1S/C22H14F6N4O/c1-11-15-7-14(33-21-17(22(26,27)28)6-13(29)8-30-21)2-3-20(15)32(10-31-11)9-16-18(24)4-12(23)5-19(16)25/h2-8,10H,1,9,29H2. The minimum atomic E-state index is -4.75. The highest BCUT2D eigenvalue weighted by Gasteiger charge is 2.36. The lowest BCUT2D eigenvalue weighted by atomic mass is 10.1. The van der Waals surface area contributed by atoms with Crippen LogP contribution >= 0.6 is 0 Å². The molecule has 0 atom stereocenters. The van der Waals surface area contributed by atoms with Crippen LogP contribution in [0, 0.1) is 17.5 Å². The molecule has 4 rings (SSSR count). The lowest BCUT2D eigenvalue weighted by molar-refractivity contribution is -0.138. The topological polar surface area (TPSA) is 63.7 Å². The van der Waals surface area contributed by atoms with Gasteiger partial charge in [-0.1, -0.05) is 6.58 Å². The van der Waals surface area contributed by atoms with Crippen LogP contribution in [0.4, 0.5) is 37.7 Å². The Hall–Kier alpha value is -4.02. The molecular weight excluding hydrogens is 450 g/mol. The third-order valence-electron chi connectivity index (χ3n) is 4.77. The zero-order valence-corrected chi connectivity index (χ0v) is 16.6. The molecule has 0 bridgehead atoms. The number of fused-ring (bicyclic) bond motifs is 1. The van der Waals surface area contributed by atoms with Crippen molar-refractivity contribution in [3.8, 4) is 11.6 Å². The van der Waals surface area contributed by atoms with E-state index in [-0.39, 0.29) is 29.2 Å². The van der Waals surface area contributed by atoms with Gasteiger partial charge in [0.05, 0.1) is 36.2 Å². The first-order valence-electron chi connectivity index (χ1n) is 9.31. The van der Waals surface area contributed by atoms with E-state index in [1.54, 1.807) is 0 Å². The van der Waals surface area contributed by atoms with Crippen molar-refractivity contribution in [2.75, 3.05) is 10.6 Å². The Morgan fingerprint density at radius 3 is 2.39 bits per heavy atom. The molecule has 0 saturated heterocycles. The zero-order chi connectivity index (χ0) is 23.9. The minimum absolute atomic E-state index is 0.00568. The average Bonchev–Trinajstić information content (AvgIpc) is 2.73.